The number of nitrogens with zero attached hydrogens (tertiary/aromatic N) is 2. The van der Waals surface area contributed by atoms with Crippen LogP contribution in [-0.4, -0.2) is 35.3 Å². The number of nitrogens with one attached hydrogen (secondary N) is 1. The molecule has 0 aliphatic carbocycles. The molecule has 0 spiro atoms. The van der Waals surface area contributed by atoms with Crippen molar-refractivity contribution >= 4 is 23.2 Å². The first kappa shape index (κ1) is 22.7. The van der Waals surface area contributed by atoms with Gasteiger partial charge in [-0.3, -0.25) is 9.59 Å². The smallest absolute Gasteiger partial charge is 0.243 e. The maximum Gasteiger partial charge on any atom is 0.243 e. The van der Waals surface area contributed by atoms with Crippen LogP contribution >= 0.6 is 11.3 Å². The van der Waals surface area contributed by atoms with Crippen molar-refractivity contribution in [1.82, 2.24) is 10.2 Å². The summed E-state index contributed by atoms with van der Waals surface area (Å²) in [5.74, 6) is -0.705. The van der Waals surface area contributed by atoms with Crippen molar-refractivity contribution in [3.8, 4) is 6.07 Å². The molecule has 33 heavy (non-hydrogen) atoms. The Kier molecular flexibility index (Phi) is 7.18. The molecule has 3 N–H and O–H groups in total. The molecule has 0 radical (unpaired) electrons. The Morgan fingerprint density at radius 3 is 2.33 bits per heavy atom. The minimum Gasteiger partial charge on any atom is -0.349 e. The SMILES string of the molecule is N#Cc1csc(CNC(=O)[C@@H]2CCCN2C(=O)[C@H](N)C(c2ccccc2)c2ccccc2)c1. The third-order valence-electron chi connectivity index (χ3n) is 6.02. The molecular formula is C26H26N4O2S. The second-order valence-corrected chi connectivity index (χ2v) is 9.14. The molecule has 3 aromatic rings. The number of hydrogen-bond donors (Lipinski definition) is 2. The molecule has 2 amide bonds. The number of nitrogens with two attached hydrogens (primary N) is 1. The monoisotopic (exact) mass is 458 g/mol. The van der Waals surface area contributed by atoms with Gasteiger partial charge in [0.25, 0.3) is 0 Å². The molecule has 2 atom stereocenters. The fraction of sp³-hybridized carbons (Fsp3) is 0.269. The van der Waals surface area contributed by atoms with E-state index in [1.54, 1.807) is 16.3 Å². The number of rotatable bonds is 7. The molecule has 1 aliphatic heterocycles. The van der Waals surface area contributed by atoms with Crippen LogP contribution in [0, 0.1) is 11.3 Å². The Morgan fingerprint density at radius 2 is 1.76 bits per heavy atom. The van der Waals surface area contributed by atoms with Gasteiger partial charge in [-0.15, -0.1) is 11.3 Å². The van der Waals surface area contributed by atoms with Crippen LogP contribution < -0.4 is 11.1 Å². The van der Waals surface area contributed by atoms with Crippen LogP contribution in [0.2, 0.25) is 0 Å². The molecule has 0 saturated carbocycles. The lowest BCUT2D eigenvalue weighted by Crippen LogP contribution is -2.52. The van der Waals surface area contributed by atoms with Crippen molar-refractivity contribution in [2.24, 2.45) is 5.73 Å². The molecule has 1 aromatic heterocycles. The Morgan fingerprint density at radius 1 is 1.12 bits per heavy atom. The lowest BCUT2D eigenvalue weighted by Gasteiger charge is -2.31. The highest BCUT2D eigenvalue weighted by Gasteiger charge is 2.39. The van der Waals surface area contributed by atoms with Crippen LogP contribution in [0.1, 0.15) is 40.3 Å². The number of nitriles is 1. The van der Waals surface area contributed by atoms with Gasteiger partial charge < -0.3 is 16.0 Å². The third-order valence-corrected chi connectivity index (χ3v) is 6.96. The molecule has 1 saturated heterocycles. The molecule has 4 rings (SSSR count). The van der Waals surface area contributed by atoms with E-state index in [2.05, 4.69) is 11.4 Å². The second kappa shape index (κ2) is 10.4. The number of hydrogen-bond acceptors (Lipinski definition) is 5. The van der Waals surface area contributed by atoms with Gasteiger partial charge in [0.1, 0.15) is 12.1 Å². The lowest BCUT2D eigenvalue weighted by atomic mass is 9.84. The molecule has 1 fully saturated rings. The summed E-state index contributed by atoms with van der Waals surface area (Å²) in [7, 11) is 0. The first-order chi connectivity index (χ1) is 16.1. The van der Waals surface area contributed by atoms with Gasteiger partial charge in [0.15, 0.2) is 0 Å². The zero-order chi connectivity index (χ0) is 23.2. The predicted molar refractivity (Wildman–Crippen MR) is 128 cm³/mol. The Bertz CT molecular complexity index is 1100. The standard InChI is InChI=1S/C26H26N4O2S/c27-15-18-14-21(33-17-18)16-29-25(31)22-12-7-13-30(22)26(32)24(28)23(19-8-3-1-4-9-19)20-10-5-2-6-11-20/h1-6,8-11,14,17,22-24H,7,12-13,16,28H2,(H,29,31)/t22-,24+/m0/s1. The average molecular weight is 459 g/mol. The first-order valence-corrected chi connectivity index (χ1v) is 11.9. The third kappa shape index (κ3) is 5.14. The fourth-order valence-corrected chi connectivity index (χ4v) is 5.14. The summed E-state index contributed by atoms with van der Waals surface area (Å²) in [6.45, 7) is 0.852. The molecule has 6 nitrogen and oxygen atoms in total. The van der Waals surface area contributed by atoms with Gasteiger partial charge in [-0.25, -0.2) is 0 Å². The van der Waals surface area contributed by atoms with Gasteiger partial charge in [0.05, 0.1) is 18.2 Å². The van der Waals surface area contributed by atoms with Gasteiger partial charge in [0.2, 0.25) is 11.8 Å². The first-order valence-electron chi connectivity index (χ1n) is 11.0. The summed E-state index contributed by atoms with van der Waals surface area (Å²) in [6.07, 6.45) is 1.37. The molecule has 2 aromatic carbocycles. The summed E-state index contributed by atoms with van der Waals surface area (Å²) in [4.78, 5) is 29.0. The van der Waals surface area contributed by atoms with E-state index in [1.165, 1.54) is 11.3 Å². The van der Waals surface area contributed by atoms with Crippen LogP contribution in [0.4, 0.5) is 0 Å². The van der Waals surface area contributed by atoms with Crippen molar-refractivity contribution in [3.05, 3.63) is 93.7 Å². The minimum absolute atomic E-state index is 0.184. The molecule has 2 heterocycles. The van der Waals surface area contributed by atoms with Gasteiger partial charge in [-0.2, -0.15) is 5.26 Å². The van der Waals surface area contributed by atoms with Gasteiger partial charge in [-0.05, 0) is 30.0 Å². The van der Waals surface area contributed by atoms with Crippen molar-refractivity contribution in [2.45, 2.75) is 37.4 Å². The average Bonchev–Trinajstić information content (AvgIpc) is 3.53. The van der Waals surface area contributed by atoms with E-state index in [1.807, 2.05) is 60.7 Å². The van der Waals surface area contributed by atoms with E-state index in [0.29, 0.717) is 25.1 Å². The van der Waals surface area contributed by atoms with E-state index < -0.39 is 12.1 Å². The Labute approximate surface area is 197 Å². The van der Waals surface area contributed by atoms with E-state index in [0.717, 1.165) is 22.4 Å². The van der Waals surface area contributed by atoms with Crippen LogP contribution in [0.25, 0.3) is 0 Å². The highest BCUT2D eigenvalue weighted by atomic mass is 32.1. The van der Waals surface area contributed by atoms with Gasteiger partial charge in [-0.1, -0.05) is 60.7 Å². The maximum atomic E-state index is 13.6. The molecule has 0 bridgehead atoms. The maximum absolute atomic E-state index is 13.6. The van der Waals surface area contributed by atoms with Crippen molar-refractivity contribution < 1.29 is 9.59 Å². The molecule has 1 aliphatic rings. The topological polar surface area (TPSA) is 99.2 Å². The minimum atomic E-state index is -0.807. The Hall–Kier alpha value is -3.47. The van der Waals surface area contributed by atoms with E-state index in [4.69, 9.17) is 11.0 Å². The zero-order valence-electron chi connectivity index (χ0n) is 18.2. The predicted octanol–water partition coefficient (Wildman–Crippen LogP) is 3.39. The number of amides is 2. The van der Waals surface area contributed by atoms with Crippen LogP contribution in [0.5, 0.6) is 0 Å². The van der Waals surface area contributed by atoms with Crippen LogP contribution in [-0.2, 0) is 16.1 Å². The fourth-order valence-electron chi connectivity index (χ4n) is 4.39. The highest BCUT2D eigenvalue weighted by molar-refractivity contribution is 7.10. The quantitative estimate of drug-likeness (QED) is 0.567. The number of benzene rings is 2. The summed E-state index contributed by atoms with van der Waals surface area (Å²) in [6, 6.07) is 22.1. The van der Waals surface area contributed by atoms with Crippen LogP contribution in [0.15, 0.2) is 72.1 Å². The molecule has 7 heteroatoms. The molecular weight excluding hydrogens is 432 g/mol. The molecule has 0 unspecified atom stereocenters. The van der Waals surface area contributed by atoms with Crippen molar-refractivity contribution in [2.75, 3.05) is 6.54 Å². The van der Waals surface area contributed by atoms with E-state index in [9.17, 15) is 9.59 Å². The van der Waals surface area contributed by atoms with E-state index >= 15 is 0 Å². The number of carbonyl (C=O) groups excluding carboxylic acids is 2. The zero-order valence-corrected chi connectivity index (χ0v) is 19.0. The second-order valence-electron chi connectivity index (χ2n) is 8.15. The highest BCUT2D eigenvalue weighted by Crippen LogP contribution is 2.30. The van der Waals surface area contributed by atoms with E-state index in [-0.39, 0.29) is 17.7 Å². The summed E-state index contributed by atoms with van der Waals surface area (Å²) >= 11 is 1.43. The molecule has 168 valence electrons. The lowest BCUT2D eigenvalue weighted by molar-refractivity contribution is -0.139. The largest absolute Gasteiger partial charge is 0.349 e. The Balaban J connectivity index is 1.50. The number of thiophene rings is 1. The summed E-state index contributed by atoms with van der Waals surface area (Å²) < 4.78 is 0. The van der Waals surface area contributed by atoms with Crippen molar-refractivity contribution in [1.29, 1.82) is 5.26 Å². The normalized spacial score (nSPS) is 16.4. The number of carbonyl (C=O) groups is 2. The summed E-state index contributed by atoms with van der Waals surface area (Å²) in [5.41, 5.74) is 9.12. The van der Waals surface area contributed by atoms with Crippen molar-refractivity contribution in [3.63, 3.8) is 0 Å². The van der Waals surface area contributed by atoms with Gasteiger partial charge >= 0.3 is 0 Å². The van der Waals surface area contributed by atoms with Crippen LogP contribution in [0.3, 0.4) is 0 Å². The number of likely N-dealkylation sites (tertiary alicyclic amines) is 1. The summed E-state index contributed by atoms with van der Waals surface area (Å²) in [5, 5.41) is 13.7. The van der Waals surface area contributed by atoms with Gasteiger partial charge in [0, 0.05) is 22.7 Å².